The van der Waals surface area contributed by atoms with Crippen molar-refractivity contribution in [3.8, 4) is 0 Å². The molecule has 0 fully saturated rings. The molecule has 4 nitrogen and oxygen atoms in total. The molecule has 2 aromatic rings. The Morgan fingerprint density at radius 3 is 2.75 bits per heavy atom. The molecule has 108 valence electrons. The van der Waals surface area contributed by atoms with Crippen molar-refractivity contribution in [2.24, 2.45) is 5.41 Å². The third kappa shape index (κ3) is 2.88. The molecule has 1 aromatic carbocycles. The smallest absolute Gasteiger partial charge is 0.253 e. The van der Waals surface area contributed by atoms with Crippen LogP contribution in [0.2, 0.25) is 0 Å². The molecule has 2 rings (SSSR count). The van der Waals surface area contributed by atoms with Crippen molar-refractivity contribution >= 4 is 32.7 Å². The SMILES string of the molecule is CNC(=O)c1cn(CC(C)(C)CO)c2cc(Br)ccc12. The van der Waals surface area contributed by atoms with Crippen LogP contribution in [-0.4, -0.2) is 29.2 Å². The molecule has 0 radical (unpaired) electrons. The van der Waals surface area contributed by atoms with Crippen LogP contribution in [0.15, 0.2) is 28.9 Å². The number of rotatable bonds is 4. The largest absolute Gasteiger partial charge is 0.396 e. The first-order chi connectivity index (χ1) is 9.38. The molecule has 2 N–H and O–H groups in total. The highest BCUT2D eigenvalue weighted by atomic mass is 79.9. The molecule has 0 bridgehead atoms. The lowest BCUT2D eigenvalue weighted by atomic mass is 9.95. The van der Waals surface area contributed by atoms with Crippen molar-refractivity contribution in [3.63, 3.8) is 0 Å². The Hall–Kier alpha value is -1.33. The fourth-order valence-electron chi connectivity index (χ4n) is 2.22. The van der Waals surface area contributed by atoms with Crippen molar-refractivity contribution in [2.45, 2.75) is 20.4 Å². The van der Waals surface area contributed by atoms with Crippen LogP contribution in [0.25, 0.3) is 10.9 Å². The third-order valence-corrected chi connectivity index (χ3v) is 3.84. The molecule has 1 aromatic heterocycles. The van der Waals surface area contributed by atoms with Crippen LogP contribution in [-0.2, 0) is 6.54 Å². The highest BCUT2D eigenvalue weighted by Crippen LogP contribution is 2.28. The van der Waals surface area contributed by atoms with Gasteiger partial charge in [-0.15, -0.1) is 0 Å². The van der Waals surface area contributed by atoms with Gasteiger partial charge < -0.3 is 15.0 Å². The van der Waals surface area contributed by atoms with Gasteiger partial charge in [0.1, 0.15) is 0 Å². The van der Waals surface area contributed by atoms with E-state index in [9.17, 15) is 9.90 Å². The van der Waals surface area contributed by atoms with Crippen molar-refractivity contribution in [1.82, 2.24) is 9.88 Å². The maximum atomic E-state index is 12.0. The highest BCUT2D eigenvalue weighted by Gasteiger charge is 2.21. The van der Waals surface area contributed by atoms with Crippen molar-refractivity contribution in [1.29, 1.82) is 0 Å². The Morgan fingerprint density at radius 2 is 2.15 bits per heavy atom. The average molecular weight is 339 g/mol. The molecule has 1 amide bonds. The van der Waals surface area contributed by atoms with Gasteiger partial charge in [-0.3, -0.25) is 4.79 Å². The van der Waals surface area contributed by atoms with Gasteiger partial charge in [0.15, 0.2) is 0 Å². The normalized spacial score (nSPS) is 11.8. The first kappa shape index (κ1) is 15.1. The topological polar surface area (TPSA) is 54.3 Å². The van der Waals surface area contributed by atoms with E-state index in [0.29, 0.717) is 12.1 Å². The summed E-state index contributed by atoms with van der Waals surface area (Å²) in [5.74, 6) is -0.0992. The number of aromatic nitrogens is 1. The van der Waals surface area contributed by atoms with E-state index in [4.69, 9.17) is 0 Å². The summed E-state index contributed by atoms with van der Waals surface area (Å²) in [6, 6.07) is 5.86. The minimum absolute atomic E-state index is 0.0932. The Morgan fingerprint density at radius 1 is 1.45 bits per heavy atom. The van der Waals surface area contributed by atoms with E-state index >= 15 is 0 Å². The summed E-state index contributed by atoms with van der Waals surface area (Å²) in [5, 5.41) is 13.0. The number of aliphatic hydroxyl groups is 1. The van der Waals surface area contributed by atoms with Crippen LogP contribution < -0.4 is 5.32 Å². The number of carbonyl (C=O) groups excluding carboxylic acids is 1. The second-order valence-corrected chi connectivity index (χ2v) is 6.65. The first-order valence-electron chi connectivity index (χ1n) is 6.49. The molecule has 0 aliphatic heterocycles. The quantitative estimate of drug-likeness (QED) is 0.900. The summed E-state index contributed by atoms with van der Waals surface area (Å²) in [6.45, 7) is 4.73. The van der Waals surface area contributed by atoms with Crippen LogP contribution in [0.3, 0.4) is 0 Å². The molecule has 5 heteroatoms. The van der Waals surface area contributed by atoms with Crippen molar-refractivity contribution < 1.29 is 9.90 Å². The number of fused-ring (bicyclic) bond motifs is 1. The molecular formula is C15H19BrN2O2. The summed E-state index contributed by atoms with van der Waals surface area (Å²) in [4.78, 5) is 12.0. The number of carbonyl (C=O) groups is 1. The van der Waals surface area contributed by atoms with Crippen LogP contribution >= 0.6 is 15.9 Å². The van der Waals surface area contributed by atoms with Gasteiger partial charge in [0, 0.05) is 47.2 Å². The Labute approximate surface area is 126 Å². The molecule has 0 spiro atoms. The summed E-state index contributed by atoms with van der Waals surface area (Å²) in [6.07, 6.45) is 1.85. The van der Waals surface area contributed by atoms with Gasteiger partial charge in [-0.2, -0.15) is 0 Å². The van der Waals surface area contributed by atoms with Crippen molar-refractivity contribution in [2.75, 3.05) is 13.7 Å². The second kappa shape index (κ2) is 5.58. The number of hydrogen-bond acceptors (Lipinski definition) is 2. The lowest BCUT2D eigenvalue weighted by molar-refractivity contribution is 0.0964. The van der Waals surface area contributed by atoms with E-state index in [-0.39, 0.29) is 17.9 Å². The molecule has 20 heavy (non-hydrogen) atoms. The molecule has 0 unspecified atom stereocenters. The minimum Gasteiger partial charge on any atom is -0.396 e. The Bertz CT molecular complexity index is 647. The van der Waals surface area contributed by atoms with Gasteiger partial charge in [0.2, 0.25) is 0 Å². The fraction of sp³-hybridized carbons (Fsp3) is 0.400. The van der Waals surface area contributed by atoms with Gasteiger partial charge in [-0.25, -0.2) is 0 Å². The van der Waals surface area contributed by atoms with Crippen LogP contribution in [0.1, 0.15) is 24.2 Å². The molecule has 0 saturated carbocycles. The van der Waals surface area contributed by atoms with Gasteiger partial charge in [0.25, 0.3) is 5.91 Å². The number of amides is 1. The predicted octanol–water partition coefficient (Wildman–Crippen LogP) is 2.78. The molecule has 0 saturated heterocycles. The van der Waals surface area contributed by atoms with Gasteiger partial charge in [0.05, 0.1) is 5.56 Å². The third-order valence-electron chi connectivity index (χ3n) is 3.34. The molecule has 1 heterocycles. The predicted molar refractivity (Wildman–Crippen MR) is 83.9 cm³/mol. The average Bonchev–Trinajstić information content (AvgIpc) is 2.75. The van der Waals surface area contributed by atoms with E-state index in [1.165, 1.54) is 0 Å². The lowest BCUT2D eigenvalue weighted by Gasteiger charge is -2.22. The monoisotopic (exact) mass is 338 g/mol. The number of nitrogens with zero attached hydrogens (tertiary/aromatic N) is 1. The zero-order valence-electron chi connectivity index (χ0n) is 11.9. The van der Waals surface area contributed by atoms with Gasteiger partial charge >= 0.3 is 0 Å². The first-order valence-corrected chi connectivity index (χ1v) is 7.28. The number of halogens is 1. The van der Waals surface area contributed by atoms with E-state index < -0.39 is 0 Å². The second-order valence-electron chi connectivity index (χ2n) is 5.73. The van der Waals surface area contributed by atoms with Gasteiger partial charge in [-0.1, -0.05) is 35.8 Å². The number of aliphatic hydroxyl groups excluding tert-OH is 1. The maximum absolute atomic E-state index is 12.0. The molecule has 0 aliphatic rings. The minimum atomic E-state index is -0.242. The number of benzene rings is 1. The Kier molecular flexibility index (Phi) is 4.20. The van der Waals surface area contributed by atoms with Crippen LogP contribution in [0, 0.1) is 5.41 Å². The standard InChI is InChI=1S/C15H19BrN2O2/c1-15(2,9-19)8-18-7-12(14(20)17-3)11-5-4-10(16)6-13(11)18/h4-7,19H,8-9H2,1-3H3,(H,17,20). The molecule has 0 aliphatic carbocycles. The zero-order chi connectivity index (χ0) is 14.9. The summed E-state index contributed by atoms with van der Waals surface area (Å²) in [7, 11) is 1.63. The zero-order valence-corrected chi connectivity index (χ0v) is 13.5. The maximum Gasteiger partial charge on any atom is 0.253 e. The Balaban J connectivity index is 2.59. The van der Waals surface area contributed by atoms with E-state index in [1.807, 2.05) is 42.8 Å². The highest BCUT2D eigenvalue weighted by molar-refractivity contribution is 9.10. The van der Waals surface area contributed by atoms with Gasteiger partial charge in [-0.05, 0) is 12.1 Å². The summed E-state index contributed by atoms with van der Waals surface area (Å²) in [5.41, 5.74) is 1.40. The van der Waals surface area contributed by atoms with Crippen LogP contribution in [0.5, 0.6) is 0 Å². The van der Waals surface area contributed by atoms with Crippen LogP contribution in [0.4, 0.5) is 0 Å². The number of hydrogen-bond donors (Lipinski definition) is 2. The molecule has 0 atom stereocenters. The van der Waals surface area contributed by atoms with E-state index in [1.54, 1.807) is 7.05 Å². The van der Waals surface area contributed by atoms with E-state index in [0.717, 1.165) is 15.4 Å². The summed E-state index contributed by atoms with van der Waals surface area (Å²) >= 11 is 3.46. The van der Waals surface area contributed by atoms with E-state index in [2.05, 4.69) is 21.2 Å². The number of nitrogens with one attached hydrogen (secondary N) is 1. The molecular weight excluding hydrogens is 320 g/mol. The summed E-state index contributed by atoms with van der Waals surface area (Å²) < 4.78 is 3.00. The van der Waals surface area contributed by atoms with Crippen molar-refractivity contribution in [3.05, 3.63) is 34.4 Å². The lowest BCUT2D eigenvalue weighted by Crippen LogP contribution is -2.23. The fourth-order valence-corrected chi connectivity index (χ4v) is 2.57.